The van der Waals surface area contributed by atoms with Crippen molar-refractivity contribution in [1.29, 1.82) is 0 Å². The van der Waals surface area contributed by atoms with Crippen LogP contribution in [0, 0.1) is 0 Å². The lowest BCUT2D eigenvalue weighted by Gasteiger charge is -2.34. The molecule has 1 aromatic heterocycles. The SMILES string of the molecule is COc1cccc(OC)c1C(=O)N1CCN(C(=O)c2ccc(Br)o2)CC1. The standard InChI is InChI=1S/C18H19BrN2O5/c1-24-12-4-3-5-13(25-2)16(12)18(23)21-10-8-20(9-11-21)17(22)14-6-7-15(19)26-14/h3-7H,8-11H2,1-2H3. The highest BCUT2D eigenvalue weighted by molar-refractivity contribution is 9.10. The molecule has 0 unspecified atom stereocenters. The van der Waals surface area contributed by atoms with Crippen molar-refractivity contribution in [3.63, 3.8) is 0 Å². The van der Waals surface area contributed by atoms with E-state index < -0.39 is 0 Å². The molecule has 1 fully saturated rings. The molecule has 1 saturated heterocycles. The monoisotopic (exact) mass is 422 g/mol. The third-order valence-electron chi connectivity index (χ3n) is 4.28. The molecule has 1 aromatic carbocycles. The first kappa shape index (κ1) is 18.3. The van der Waals surface area contributed by atoms with E-state index in [9.17, 15) is 9.59 Å². The minimum absolute atomic E-state index is 0.174. The molecule has 7 nitrogen and oxygen atoms in total. The van der Waals surface area contributed by atoms with Crippen LogP contribution in [0.15, 0.2) is 39.4 Å². The van der Waals surface area contributed by atoms with Crippen LogP contribution < -0.4 is 9.47 Å². The van der Waals surface area contributed by atoms with Gasteiger partial charge in [0.05, 0.1) is 14.2 Å². The van der Waals surface area contributed by atoms with E-state index in [1.807, 2.05) is 0 Å². The van der Waals surface area contributed by atoms with Crippen molar-refractivity contribution in [1.82, 2.24) is 9.80 Å². The fourth-order valence-corrected chi connectivity index (χ4v) is 3.22. The molecule has 2 amide bonds. The third-order valence-corrected chi connectivity index (χ3v) is 4.71. The van der Waals surface area contributed by atoms with E-state index in [1.54, 1.807) is 40.1 Å². The van der Waals surface area contributed by atoms with Crippen molar-refractivity contribution >= 4 is 27.7 Å². The van der Waals surface area contributed by atoms with Gasteiger partial charge >= 0.3 is 0 Å². The number of nitrogens with zero attached hydrogens (tertiary/aromatic N) is 2. The van der Waals surface area contributed by atoms with Crippen molar-refractivity contribution in [2.45, 2.75) is 0 Å². The summed E-state index contributed by atoms with van der Waals surface area (Å²) in [5.41, 5.74) is 0.396. The Bertz CT molecular complexity index is 789. The van der Waals surface area contributed by atoms with Crippen LogP contribution in [-0.4, -0.2) is 62.0 Å². The van der Waals surface area contributed by atoms with Crippen molar-refractivity contribution in [2.24, 2.45) is 0 Å². The van der Waals surface area contributed by atoms with E-state index in [4.69, 9.17) is 13.9 Å². The van der Waals surface area contributed by atoms with Crippen LogP contribution in [0.4, 0.5) is 0 Å². The highest BCUT2D eigenvalue weighted by Crippen LogP contribution is 2.30. The molecule has 3 rings (SSSR count). The number of carbonyl (C=O) groups excluding carboxylic acids is 2. The predicted octanol–water partition coefficient (Wildman–Crippen LogP) is 2.66. The summed E-state index contributed by atoms with van der Waals surface area (Å²) in [6.45, 7) is 1.71. The number of hydrogen-bond donors (Lipinski definition) is 0. The Balaban J connectivity index is 1.70. The van der Waals surface area contributed by atoms with E-state index in [1.165, 1.54) is 14.2 Å². The summed E-state index contributed by atoms with van der Waals surface area (Å²) in [5, 5.41) is 0. The Kier molecular flexibility index (Phi) is 5.51. The second-order valence-corrected chi connectivity index (χ2v) is 6.51. The molecular weight excluding hydrogens is 404 g/mol. The van der Waals surface area contributed by atoms with Gasteiger partial charge in [-0.25, -0.2) is 0 Å². The fourth-order valence-electron chi connectivity index (χ4n) is 2.92. The summed E-state index contributed by atoms with van der Waals surface area (Å²) < 4.78 is 16.4. The molecule has 0 radical (unpaired) electrons. The topological polar surface area (TPSA) is 72.2 Å². The molecule has 2 aromatic rings. The van der Waals surface area contributed by atoms with Gasteiger partial charge < -0.3 is 23.7 Å². The molecule has 26 heavy (non-hydrogen) atoms. The summed E-state index contributed by atoms with van der Waals surface area (Å²) in [5.74, 6) is 0.856. The number of amides is 2. The Morgan fingerprint density at radius 3 is 1.92 bits per heavy atom. The fraction of sp³-hybridized carbons (Fsp3) is 0.333. The smallest absolute Gasteiger partial charge is 0.289 e. The second kappa shape index (κ2) is 7.82. The molecule has 0 aliphatic carbocycles. The number of halogens is 1. The maximum absolute atomic E-state index is 12.9. The number of hydrogen-bond acceptors (Lipinski definition) is 5. The molecule has 0 spiro atoms. The van der Waals surface area contributed by atoms with E-state index in [2.05, 4.69) is 15.9 Å². The number of ether oxygens (including phenoxy) is 2. The first-order valence-corrected chi connectivity index (χ1v) is 8.89. The number of piperazine rings is 1. The molecule has 0 N–H and O–H groups in total. The summed E-state index contributed by atoms with van der Waals surface area (Å²) >= 11 is 3.19. The van der Waals surface area contributed by atoms with Crippen molar-refractivity contribution in [3.8, 4) is 11.5 Å². The second-order valence-electron chi connectivity index (χ2n) is 5.73. The minimum atomic E-state index is -0.183. The van der Waals surface area contributed by atoms with Gasteiger partial charge in [0.25, 0.3) is 11.8 Å². The first-order valence-electron chi connectivity index (χ1n) is 8.10. The zero-order valence-corrected chi connectivity index (χ0v) is 16.1. The molecular formula is C18H19BrN2O5. The quantitative estimate of drug-likeness (QED) is 0.756. The summed E-state index contributed by atoms with van der Waals surface area (Å²) in [6.07, 6.45) is 0. The third kappa shape index (κ3) is 3.55. The average molecular weight is 423 g/mol. The molecule has 8 heteroatoms. The number of furan rings is 1. The Hall–Kier alpha value is -2.48. The number of carbonyl (C=O) groups is 2. The van der Waals surface area contributed by atoms with Gasteiger partial charge in [-0.15, -0.1) is 0 Å². The number of benzene rings is 1. The first-order chi connectivity index (χ1) is 12.5. The van der Waals surface area contributed by atoms with Gasteiger partial charge in [0.2, 0.25) is 0 Å². The lowest BCUT2D eigenvalue weighted by Crippen LogP contribution is -2.50. The van der Waals surface area contributed by atoms with E-state index in [-0.39, 0.29) is 17.6 Å². The molecule has 1 aliphatic heterocycles. The number of rotatable bonds is 4. The van der Waals surface area contributed by atoms with Gasteiger partial charge in [0.15, 0.2) is 10.4 Å². The Morgan fingerprint density at radius 2 is 1.46 bits per heavy atom. The average Bonchev–Trinajstić information content (AvgIpc) is 3.12. The molecule has 0 bridgehead atoms. The summed E-state index contributed by atoms with van der Waals surface area (Å²) in [4.78, 5) is 28.7. The van der Waals surface area contributed by atoms with Crippen LogP contribution >= 0.6 is 15.9 Å². The molecule has 0 saturated carbocycles. The van der Waals surface area contributed by atoms with Gasteiger partial charge in [-0.2, -0.15) is 0 Å². The van der Waals surface area contributed by atoms with Crippen molar-refractivity contribution in [2.75, 3.05) is 40.4 Å². The maximum atomic E-state index is 12.9. The largest absolute Gasteiger partial charge is 0.496 e. The van der Waals surface area contributed by atoms with Crippen LogP contribution in [0.1, 0.15) is 20.9 Å². The molecule has 0 atom stereocenters. The highest BCUT2D eigenvalue weighted by Gasteiger charge is 2.29. The lowest BCUT2D eigenvalue weighted by molar-refractivity contribution is 0.0514. The van der Waals surface area contributed by atoms with Crippen LogP contribution in [-0.2, 0) is 0 Å². The Labute approximate surface area is 159 Å². The zero-order valence-electron chi connectivity index (χ0n) is 14.5. The maximum Gasteiger partial charge on any atom is 0.289 e. The normalized spacial score (nSPS) is 14.3. The molecule has 2 heterocycles. The van der Waals surface area contributed by atoms with Crippen LogP contribution in [0.3, 0.4) is 0 Å². The van der Waals surface area contributed by atoms with Crippen molar-refractivity contribution in [3.05, 3.63) is 46.3 Å². The van der Waals surface area contributed by atoms with Crippen LogP contribution in [0.25, 0.3) is 0 Å². The summed E-state index contributed by atoms with van der Waals surface area (Å²) in [6, 6.07) is 8.53. The van der Waals surface area contributed by atoms with Gasteiger partial charge in [0, 0.05) is 26.2 Å². The van der Waals surface area contributed by atoms with E-state index in [0.29, 0.717) is 47.9 Å². The van der Waals surface area contributed by atoms with E-state index in [0.717, 1.165) is 0 Å². The molecule has 138 valence electrons. The van der Waals surface area contributed by atoms with Gasteiger partial charge in [-0.1, -0.05) is 6.07 Å². The minimum Gasteiger partial charge on any atom is -0.496 e. The van der Waals surface area contributed by atoms with Gasteiger partial charge in [0.1, 0.15) is 17.1 Å². The zero-order chi connectivity index (χ0) is 18.7. The predicted molar refractivity (Wildman–Crippen MR) is 97.8 cm³/mol. The highest BCUT2D eigenvalue weighted by atomic mass is 79.9. The van der Waals surface area contributed by atoms with Crippen molar-refractivity contribution < 1.29 is 23.5 Å². The summed E-state index contributed by atoms with van der Waals surface area (Å²) in [7, 11) is 3.04. The van der Waals surface area contributed by atoms with Crippen LogP contribution in [0.5, 0.6) is 11.5 Å². The molecule has 1 aliphatic rings. The van der Waals surface area contributed by atoms with Gasteiger partial charge in [-0.05, 0) is 40.2 Å². The Morgan fingerprint density at radius 1 is 0.923 bits per heavy atom. The van der Waals surface area contributed by atoms with Crippen LogP contribution in [0.2, 0.25) is 0 Å². The lowest BCUT2D eigenvalue weighted by atomic mass is 10.1. The van der Waals surface area contributed by atoms with E-state index >= 15 is 0 Å². The number of methoxy groups -OCH3 is 2. The van der Waals surface area contributed by atoms with Gasteiger partial charge in [-0.3, -0.25) is 9.59 Å².